The van der Waals surface area contributed by atoms with E-state index < -0.39 is 46.8 Å². The number of aromatic nitrogens is 4. The van der Waals surface area contributed by atoms with Crippen LogP contribution in [0.25, 0.3) is 33.2 Å². The third-order valence-corrected chi connectivity index (χ3v) is 12.4. The van der Waals surface area contributed by atoms with Crippen LogP contribution in [0.4, 0.5) is 18.9 Å². The minimum Gasteiger partial charge on any atom is -0.355 e. The number of hydrogen-bond acceptors (Lipinski definition) is 7. The molecule has 11 nitrogen and oxygen atoms in total. The average Bonchev–Trinajstić information content (AvgIpc) is 3.44. The first kappa shape index (κ1) is 39.2. The summed E-state index contributed by atoms with van der Waals surface area (Å²) in [7, 11) is 0. The van der Waals surface area contributed by atoms with Gasteiger partial charge in [0.05, 0.1) is 16.2 Å². The Morgan fingerprint density at radius 1 is 0.948 bits per heavy atom. The van der Waals surface area contributed by atoms with Gasteiger partial charge in [0.25, 0.3) is 0 Å². The van der Waals surface area contributed by atoms with E-state index in [1.807, 2.05) is 19.1 Å². The van der Waals surface area contributed by atoms with Gasteiger partial charge in [0, 0.05) is 65.8 Å². The van der Waals surface area contributed by atoms with Crippen molar-refractivity contribution in [2.45, 2.75) is 84.3 Å². The molecular weight excluding hydrogens is 771 g/mol. The van der Waals surface area contributed by atoms with Crippen LogP contribution < -0.4 is 10.6 Å². The van der Waals surface area contributed by atoms with Gasteiger partial charge < -0.3 is 15.5 Å². The number of Topliss-reactive ketones (excluding diaryl/α,β-unsaturated/α-hetero) is 1. The molecule has 1 saturated carbocycles. The number of carbonyl (C=O) groups excluding carboxylic acids is 4. The second-order valence-corrected chi connectivity index (χ2v) is 16.1. The molecule has 0 unspecified atom stereocenters. The fraction of sp³-hybridized carbons (Fsp3) is 0.372. The monoisotopic (exact) mass is 811 g/mol. The first-order valence-corrected chi connectivity index (χ1v) is 19.8. The van der Waals surface area contributed by atoms with Crippen molar-refractivity contribution in [2.24, 2.45) is 11.3 Å². The van der Waals surface area contributed by atoms with Gasteiger partial charge in [-0.15, -0.1) is 0 Å². The SMILES string of the molecule is CC(=O)c1nn2c3c(cc(-c4cnc(C)nc4)cc13)CCCCCCC(=O)NC[C@@]13C[C@@H](C(=O)Nc4cccc(-c5cc(F)c(F)cc5Cl)c4F)N(C(=O)C2)[C@@H]1[C@@H]3C. The molecule has 4 atom stereocenters. The van der Waals surface area contributed by atoms with Crippen LogP contribution in [-0.4, -0.2) is 66.8 Å². The number of carbonyl (C=O) groups is 4. The molecule has 2 bridgehead atoms. The van der Waals surface area contributed by atoms with Crippen molar-refractivity contribution < 1.29 is 32.3 Å². The summed E-state index contributed by atoms with van der Waals surface area (Å²) < 4.78 is 45.7. The van der Waals surface area contributed by atoms with Crippen molar-refractivity contribution in [2.75, 3.05) is 11.9 Å². The molecule has 5 aromatic rings. The molecule has 15 heteroatoms. The Morgan fingerprint density at radius 2 is 1.67 bits per heavy atom. The van der Waals surface area contributed by atoms with E-state index in [9.17, 15) is 28.0 Å². The number of rotatable bonds is 5. The van der Waals surface area contributed by atoms with Crippen molar-refractivity contribution in [1.29, 1.82) is 0 Å². The average molecular weight is 812 g/mol. The van der Waals surface area contributed by atoms with E-state index >= 15 is 4.39 Å². The van der Waals surface area contributed by atoms with Crippen LogP contribution >= 0.6 is 11.6 Å². The van der Waals surface area contributed by atoms with Gasteiger partial charge in [0.2, 0.25) is 17.7 Å². The third-order valence-electron chi connectivity index (χ3n) is 12.1. The lowest BCUT2D eigenvalue weighted by Crippen LogP contribution is -2.47. The molecule has 300 valence electrons. The molecule has 2 aliphatic heterocycles. The highest BCUT2D eigenvalue weighted by Crippen LogP contribution is 2.64. The number of ketones is 1. The van der Waals surface area contributed by atoms with Gasteiger partial charge >= 0.3 is 0 Å². The standard InChI is InChI=1S/C43H41ClF3N7O4/c1-22-41-43(22)17-35(42(58)51-34-11-8-10-28(38(34)47)29-15-32(45)33(46)16-31(29)44)54(41)37(57)20-53-40-25(9-6-4-5-7-12-36(56)50-21-43)13-26(27-18-48-24(3)49-19-27)14-30(40)39(52-53)23(2)55/h8,10-11,13-16,18-19,22,35,41H,4-7,9,12,17,20-21H2,1-3H3,(H,50,56)(H,51,58)/t22-,35-,41+,43+/m0/s1. The molecule has 3 amide bonds. The minimum atomic E-state index is -1.22. The highest BCUT2D eigenvalue weighted by molar-refractivity contribution is 6.33. The first-order chi connectivity index (χ1) is 27.8. The van der Waals surface area contributed by atoms with E-state index in [0.717, 1.165) is 48.1 Å². The fourth-order valence-electron chi connectivity index (χ4n) is 9.01. The third kappa shape index (κ3) is 7.01. The predicted octanol–water partition coefficient (Wildman–Crippen LogP) is 7.61. The number of anilines is 1. The number of halogens is 4. The van der Waals surface area contributed by atoms with Gasteiger partial charge in [0.15, 0.2) is 23.2 Å². The van der Waals surface area contributed by atoms with Crippen LogP contribution in [0.15, 0.2) is 54.9 Å². The molecule has 0 spiro atoms. The molecule has 8 rings (SSSR count). The van der Waals surface area contributed by atoms with E-state index in [-0.39, 0.29) is 64.6 Å². The Kier molecular flexibility index (Phi) is 10.3. The summed E-state index contributed by atoms with van der Waals surface area (Å²) in [5, 5.41) is 10.8. The van der Waals surface area contributed by atoms with Gasteiger partial charge in [0.1, 0.15) is 24.1 Å². The summed E-state index contributed by atoms with van der Waals surface area (Å²) in [4.78, 5) is 65.4. The molecule has 2 fully saturated rings. The number of amides is 3. The fourth-order valence-corrected chi connectivity index (χ4v) is 9.26. The van der Waals surface area contributed by atoms with Crippen molar-refractivity contribution in [3.8, 4) is 22.3 Å². The van der Waals surface area contributed by atoms with Crippen LogP contribution in [0.5, 0.6) is 0 Å². The summed E-state index contributed by atoms with van der Waals surface area (Å²) in [6.07, 6.45) is 7.76. The summed E-state index contributed by atoms with van der Waals surface area (Å²) in [5.41, 5.74) is 2.16. The smallest absolute Gasteiger partial charge is 0.247 e. The summed E-state index contributed by atoms with van der Waals surface area (Å²) in [6, 6.07) is 8.03. The van der Waals surface area contributed by atoms with Crippen LogP contribution in [-0.2, 0) is 27.3 Å². The summed E-state index contributed by atoms with van der Waals surface area (Å²) >= 11 is 6.17. The molecule has 0 radical (unpaired) electrons. The van der Waals surface area contributed by atoms with Gasteiger partial charge in [-0.25, -0.2) is 23.1 Å². The summed E-state index contributed by atoms with van der Waals surface area (Å²) in [5.74, 6) is -4.28. The van der Waals surface area contributed by atoms with Crippen molar-refractivity contribution in [1.82, 2.24) is 30.0 Å². The van der Waals surface area contributed by atoms with Crippen LogP contribution in [0.1, 0.15) is 74.2 Å². The highest BCUT2D eigenvalue weighted by atomic mass is 35.5. The maximum atomic E-state index is 16.1. The number of nitrogens with one attached hydrogen (secondary N) is 2. The highest BCUT2D eigenvalue weighted by Gasteiger charge is 2.72. The Morgan fingerprint density at radius 3 is 2.41 bits per heavy atom. The lowest BCUT2D eigenvalue weighted by atomic mass is 9.95. The van der Waals surface area contributed by atoms with E-state index in [1.54, 1.807) is 24.0 Å². The van der Waals surface area contributed by atoms with Crippen LogP contribution in [0, 0.1) is 35.7 Å². The van der Waals surface area contributed by atoms with Gasteiger partial charge in [-0.2, -0.15) is 5.10 Å². The largest absolute Gasteiger partial charge is 0.355 e. The van der Waals surface area contributed by atoms with Gasteiger partial charge in [-0.05, 0) is 80.0 Å². The number of aryl methyl sites for hydroxylation is 2. The lowest BCUT2D eigenvalue weighted by Gasteiger charge is -2.28. The van der Waals surface area contributed by atoms with E-state index in [1.165, 1.54) is 30.0 Å². The zero-order valence-electron chi connectivity index (χ0n) is 32.2. The van der Waals surface area contributed by atoms with Crippen LogP contribution in [0.3, 0.4) is 0 Å². The Bertz CT molecular complexity index is 2510. The Balaban J connectivity index is 1.18. The molecule has 1 aliphatic carbocycles. The number of benzene rings is 3. The number of hydrogen-bond donors (Lipinski definition) is 2. The predicted molar refractivity (Wildman–Crippen MR) is 211 cm³/mol. The van der Waals surface area contributed by atoms with Crippen molar-refractivity contribution in [3.05, 3.63) is 94.4 Å². The maximum absolute atomic E-state index is 16.1. The summed E-state index contributed by atoms with van der Waals surface area (Å²) in [6.45, 7) is 5.16. The minimum absolute atomic E-state index is 0.0766. The zero-order chi connectivity index (χ0) is 41.0. The Labute approximate surface area is 337 Å². The van der Waals surface area contributed by atoms with Crippen molar-refractivity contribution >= 4 is 51.7 Å². The maximum Gasteiger partial charge on any atom is 0.247 e. The molecule has 2 N–H and O–H groups in total. The molecule has 1 saturated heterocycles. The normalized spacial score (nSPS) is 22.3. The van der Waals surface area contributed by atoms with E-state index in [2.05, 4.69) is 20.6 Å². The molecule has 3 aliphatic rings. The Hall–Kier alpha value is -5.63. The van der Waals surface area contributed by atoms with Gasteiger partial charge in [-0.3, -0.25) is 23.9 Å². The van der Waals surface area contributed by atoms with Crippen LogP contribution in [0.2, 0.25) is 5.02 Å². The van der Waals surface area contributed by atoms with E-state index in [4.69, 9.17) is 16.7 Å². The van der Waals surface area contributed by atoms with Gasteiger partial charge in [-0.1, -0.05) is 43.5 Å². The topological polar surface area (TPSA) is 139 Å². The number of nitrogens with zero attached hydrogens (tertiary/aromatic N) is 5. The zero-order valence-corrected chi connectivity index (χ0v) is 32.9. The molecular formula is C43H41ClF3N7O4. The second kappa shape index (κ2) is 15.3. The number of piperidine rings is 1. The van der Waals surface area contributed by atoms with Crippen molar-refractivity contribution in [3.63, 3.8) is 0 Å². The molecule has 3 aromatic carbocycles. The first-order valence-electron chi connectivity index (χ1n) is 19.4. The van der Waals surface area contributed by atoms with E-state index in [0.29, 0.717) is 36.0 Å². The second-order valence-electron chi connectivity index (χ2n) is 15.7. The lowest BCUT2D eigenvalue weighted by molar-refractivity contribution is -0.139. The molecule has 4 heterocycles. The molecule has 58 heavy (non-hydrogen) atoms. The molecule has 2 aromatic heterocycles. The quantitative estimate of drug-likeness (QED) is 0.138.